The van der Waals surface area contributed by atoms with E-state index in [4.69, 9.17) is 0 Å². The molecule has 0 radical (unpaired) electrons. The SMILES string of the molecule is O=C(C1CCCC1)N1CCC[C@@H](c2[nH]nc3ncccc23)C1. The Morgan fingerprint density at radius 2 is 2.09 bits per heavy atom. The third kappa shape index (κ3) is 2.38. The molecule has 1 amide bonds. The predicted molar refractivity (Wildman–Crippen MR) is 84.4 cm³/mol. The van der Waals surface area contributed by atoms with Gasteiger partial charge in [0.1, 0.15) is 0 Å². The summed E-state index contributed by atoms with van der Waals surface area (Å²) in [6.07, 6.45) is 8.54. The summed E-state index contributed by atoms with van der Waals surface area (Å²) in [7, 11) is 0. The first kappa shape index (κ1) is 13.7. The van der Waals surface area contributed by atoms with Crippen LogP contribution in [0.15, 0.2) is 18.3 Å². The standard InChI is InChI=1S/C17H22N4O/c22-17(12-5-1-2-6-12)21-10-4-7-13(11-21)15-14-8-3-9-18-16(14)20-19-15/h3,8-9,12-13H,1-2,4-7,10-11H2,(H,18,19,20)/t13-/m1/s1. The third-order valence-corrected chi connectivity index (χ3v) is 5.20. The van der Waals surface area contributed by atoms with E-state index >= 15 is 0 Å². The molecule has 2 aliphatic rings. The second kappa shape index (κ2) is 5.71. The second-order valence-electron chi connectivity index (χ2n) is 6.62. The average molecular weight is 298 g/mol. The van der Waals surface area contributed by atoms with Crippen molar-refractivity contribution in [3.8, 4) is 0 Å². The van der Waals surface area contributed by atoms with E-state index < -0.39 is 0 Å². The monoisotopic (exact) mass is 298 g/mol. The van der Waals surface area contributed by atoms with E-state index in [1.165, 1.54) is 12.8 Å². The van der Waals surface area contributed by atoms with Crippen LogP contribution in [0.2, 0.25) is 0 Å². The highest BCUT2D eigenvalue weighted by atomic mass is 16.2. The van der Waals surface area contributed by atoms with Gasteiger partial charge in [0.2, 0.25) is 5.91 Å². The molecule has 1 N–H and O–H groups in total. The molecule has 2 aromatic heterocycles. The van der Waals surface area contributed by atoms with E-state index in [1.807, 2.05) is 6.07 Å². The number of fused-ring (bicyclic) bond motifs is 1. The molecule has 1 atom stereocenters. The summed E-state index contributed by atoms with van der Waals surface area (Å²) < 4.78 is 0. The quantitative estimate of drug-likeness (QED) is 0.927. The Balaban J connectivity index is 1.54. The first-order valence-corrected chi connectivity index (χ1v) is 8.40. The van der Waals surface area contributed by atoms with Gasteiger partial charge in [-0.1, -0.05) is 12.8 Å². The molecule has 22 heavy (non-hydrogen) atoms. The summed E-state index contributed by atoms with van der Waals surface area (Å²) in [6.45, 7) is 1.73. The molecule has 4 rings (SSSR count). The molecule has 3 heterocycles. The number of aromatic nitrogens is 3. The van der Waals surface area contributed by atoms with E-state index in [2.05, 4.69) is 26.1 Å². The highest BCUT2D eigenvalue weighted by Crippen LogP contribution is 2.32. The fraction of sp³-hybridized carbons (Fsp3) is 0.588. The van der Waals surface area contributed by atoms with Crippen LogP contribution in [0.5, 0.6) is 0 Å². The molecule has 5 nitrogen and oxygen atoms in total. The molecule has 1 saturated carbocycles. The lowest BCUT2D eigenvalue weighted by atomic mass is 9.92. The zero-order chi connectivity index (χ0) is 14.9. The molecule has 2 aromatic rings. The van der Waals surface area contributed by atoms with Gasteiger partial charge in [-0.25, -0.2) is 4.98 Å². The first-order valence-electron chi connectivity index (χ1n) is 8.40. The topological polar surface area (TPSA) is 61.9 Å². The number of amides is 1. The largest absolute Gasteiger partial charge is 0.342 e. The number of hydrogen-bond acceptors (Lipinski definition) is 3. The Hall–Kier alpha value is -1.91. The van der Waals surface area contributed by atoms with Crippen LogP contribution in [-0.4, -0.2) is 39.1 Å². The van der Waals surface area contributed by atoms with Crippen molar-refractivity contribution in [3.05, 3.63) is 24.0 Å². The fourth-order valence-corrected chi connectivity index (χ4v) is 4.02. The Morgan fingerprint density at radius 3 is 2.95 bits per heavy atom. The molecular formula is C17H22N4O. The van der Waals surface area contributed by atoms with Crippen molar-refractivity contribution >= 4 is 16.9 Å². The Kier molecular flexibility index (Phi) is 3.56. The van der Waals surface area contributed by atoms with E-state index in [1.54, 1.807) is 6.20 Å². The molecule has 2 fully saturated rings. The van der Waals surface area contributed by atoms with E-state index in [0.717, 1.165) is 55.5 Å². The minimum absolute atomic E-state index is 0.277. The summed E-state index contributed by atoms with van der Waals surface area (Å²) in [5.74, 6) is 1.01. The minimum Gasteiger partial charge on any atom is -0.342 e. The number of H-pyrrole nitrogens is 1. The average Bonchev–Trinajstić information content (AvgIpc) is 3.24. The number of likely N-dealkylation sites (tertiary alicyclic amines) is 1. The Labute approximate surface area is 130 Å². The summed E-state index contributed by atoms with van der Waals surface area (Å²) in [6, 6.07) is 4.02. The zero-order valence-electron chi connectivity index (χ0n) is 12.8. The normalized spacial score (nSPS) is 23.3. The van der Waals surface area contributed by atoms with Crippen LogP contribution < -0.4 is 0 Å². The number of rotatable bonds is 2. The van der Waals surface area contributed by atoms with Crippen molar-refractivity contribution in [3.63, 3.8) is 0 Å². The van der Waals surface area contributed by atoms with Crippen molar-refractivity contribution in [1.82, 2.24) is 20.1 Å². The summed E-state index contributed by atoms with van der Waals surface area (Å²) in [5.41, 5.74) is 1.92. The lowest BCUT2D eigenvalue weighted by Gasteiger charge is -2.34. The van der Waals surface area contributed by atoms with Gasteiger partial charge in [-0.15, -0.1) is 0 Å². The second-order valence-corrected chi connectivity index (χ2v) is 6.62. The number of aromatic amines is 1. The van der Waals surface area contributed by atoms with Crippen LogP contribution in [0.4, 0.5) is 0 Å². The van der Waals surface area contributed by atoms with Gasteiger partial charge in [0.15, 0.2) is 5.65 Å². The van der Waals surface area contributed by atoms with Crippen molar-refractivity contribution < 1.29 is 4.79 Å². The Morgan fingerprint density at radius 1 is 1.23 bits per heavy atom. The van der Waals surface area contributed by atoms with Gasteiger partial charge in [0.05, 0.1) is 0 Å². The first-order chi connectivity index (χ1) is 10.8. The molecule has 0 unspecified atom stereocenters. The summed E-state index contributed by atoms with van der Waals surface area (Å²) in [4.78, 5) is 19.0. The molecule has 1 aliphatic carbocycles. The maximum atomic E-state index is 12.7. The number of piperidine rings is 1. The van der Waals surface area contributed by atoms with Gasteiger partial charge in [-0.05, 0) is 37.8 Å². The van der Waals surface area contributed by atoms with Crippen molar-refractivity contribution in [2.75, 3.05) is 13.1 Å². The van der Waals surface area contributed by atoms with E-state index in [0.29, 0.717) is 11.8 Å². The predicted octanol–water partition coefficient (Wildman–Crippen LogP) is 2.85. The zero-order valence-corrected chi connectivity index (χ0v) is 12.8. The molecule has 1 aliphatic heterocycles. The van der Waals surface area contributed by atoms with Gasteiger partial charge in [0.25, 0.3) is 0 Å². The lowest BCUT2D eigenvalue weighted by Crippen LogP contribution is -2.42. The molecule has 1 saturated heterocycles. The van der Waals surface area contributed by atoms with Crippen LogP contribution in [0.25, 0.3) is 11.0 Å². The van der Waals surface area contributed by atoms with Crippen molar-refractivity contribution in [2.45, 2.75) is 44.4 Å². The van der Waals surface area contributed by atoms with Crippen LogP contribution in [0.1, 0.15) is 50.1 Å². The molecule has 5 heteroatoms. The maximum Gasteiger partial charge on any atom is 0.225 e. The highest BCUT2D eigenvalue weighted by Gasteiger charge is 2.32. The van der Waals surface area contributed by atoms with E-state index in [-0.39, 0.29) is 5.92 Å². The van der Waals surface area contributed by atoms with Crippen LogP contribution in [-0.2, 0) is 4.79 Å². The van der Waals surface area contributed by atoms with Crippen LogP contribution >= 0.6 is 0 Å². The number of pyridine rings is 1. The molecule has 0 bridgehead atoms. The van der Waals surface area contributed by atoms with Gasteiger partial charge in [-0.2, -0.15) is 5.10 Å². The summed E-state index contributed by atoms with van der Waals surface area (Å²) in [5, 5.41) is 8.56. The lowest BCUT2D eigenvalue weighted by molar-refractivity contribution is -0.136. The maximum absolute atomic E-state index is 12.7. The van der Waals surface area contributed by atoms with Gasteiger partial charge in [-0.3, -0.25) is 9.89 Å². The number of nitrogens with one attached hydrogen (secondary N) is 1. The minimum atomic E-state index is 0.277. The molecule has 0 aromatic carbocycles. The van der Waals surface area contributed by atoms with Gasteiger partial charge < -0.3 is 4.90 Å². The summed E-state index contributed by atoms with van der Waals surface area (Å²) >= 11 is 0. The van der Waals surface area contributed by atoms with Crippen LogP contribution in [0, 0.1) is 5.92 Å². The highest BCUT2D eigenvalue weighted by molar-refractivity contribution is 5.80. The third-order valence-electron chi connectivity index (χ3n) is 5.20. The Bertz CT molecular complexity index is 674. The number of carbonyl (C=O) groups excluding carboxylic acids is 1. The smallest absolute Gasteiger partial charge is 0.225 e. The molecule has 0 spiro atoms. The van der Waals surface area contributed by atoms with Gasteiger partial charge in [0, 0.05) is 42.2 Å². The van der Waals surface area contributed by atoms with Gasteiger partial charge >= 0.3 is 0 Å². The van der Waals surface area contributed by atoms with E-state index in [9.17, 15) is 4.79 Å². The number of hydrogen-bond donors (Lipinski definition) is 1. The molecule has 116 valence electrons. The number of nitrogens with zero attached hydrogens (tertiary/aromatic N) is 3. The molecular weight excluding hydrogens is 276 g/mol. The van der Waals surface area contributed by atoms with Crippen LogP contribution in [0.3, 0.4) is 0 Å². The fourth-order valence-electron chi connectivity index (χ4n) is 4.02. The van der Waals surface area contributed by atoms with Crippen molar-refractivity contribution in [2.24, 2.45) is 5.92 Å². The van der Waals surface area contributed by atoms with Crippen molar-refractivity contribution in [1.29, 1.82) is 0 Å². The number of carbonyl (C=O) groups is 1.